The lowest BCUT2D eigenvalue weighted by molar-refractivity contribution is -0.0830. The van der Waals surface area contributed by atoms with E-state index in [1.54, 1.807) is 17.8 Å². The van der Waals surface area contributed by atoms with E-state index in [9.17, 15) is 4.79 Å². The van der Waals surface area contributed by atoms with Crippen molar-refractivity contribution < 1.29 is 14.4 Å². The first-order valence-corrected chi connectivity index (χ1v) is 10.5. The van der Waals surface area contributed by atoms with Gasteiger partial charge in [0.2, 0.25) is 5.95 Å². The fraction of sp³-hybridized carbons (Fsp3) is 0.217. The fourth-order valence-electron chi connectivity index (χ4n) is 3.88. The van der Waals surface area contributed by atoms with Crippen LogP contribution in [0.5, 0.6) is 5.75 Å². The molecule has 1 fully saturated rings. The highest BCUT2D eigenvalue weighted by molar-refractivity contribution is 5.90. The molecule has 0 unspecified atom stereocenters. The van der Waals surface area contributed by atoms with E-state index in [4.69, 9.17) is 15.3 Å². The first kappa shape index (κ1) is 20.7. The first-order chi connectivity index (χ1) is 16.0. The SMILES string of the molecule is COc1cccc([C@@H]2CCON2C(=O)Nc2cc(-c3ccc4nc(N)nn4c3)cnc2C)c1. The number of nitrogens with one attached hydrogen (secondary N) is 1. The van der Waals surface area contributed by atoms with E-state index >= 15 is 0 Å². The van der Waals surface area contributed by atoms with Crippen molar-refractivity contribution in [2.75, 3.05) is 24.8 Å². The number of amides is 2. The molecule has 2 amide bonds. The molecule has 10 heteroatoms. The molecule has 0 spiro atoms. The maximum absolute atomic E-state index is 13.1. The van der Waals surface area contributed by atoms with Crippen molar-refractivity contribution in [1.29, 1.82) is 0 Å². The van der Waals surface area contributed by atoms with Gasteiger partial charge in [-0.15, -0.1) is 5.10 Å². The summed E-state index contributed by atoms with van der Waals surface area (Å²) in [4.78, 5) is 27.4. The molecule has 168 valence electrons. The van der Waals surface area contributed by atoms with Crippen molar-refractivity contribution in [3.8, 4) is 16.9 Å². The molecular weight excluding hydrogens is 422 g/mol. The Hall–Kier alpha value is -4.18. The van der Waals surface area contributed by atoms with Gasteiger partial charge in [-0.05, 0) is 42.8 Å². The number of aryl methyl sites for hydroxylation is 1. The van der Waals surface area contributed by atoms with Crippen LogP contribution in [0.1, 0.15) is 23.7 Å². The summed E-state index contributed by atoms with van der Waals surface area (Å²) in [7, 11) is 1.62. The third-order valence-corrected chi connectivity index (χ3v) is 5.59. The molecule has 0 aliphatic carbocycles. The van der Waals surface area contributed by atoms with Crippen LogP contribution < -0.4 is 15.8 Å². The molecule has 1 saturated heterocycles. The molecule has 0 bridgehead atoms. The number of anilines is 2. The number of hydroxylamine groups is 2. The lowest BCUT2D eigenvalue weighted by atomic mass is 10.0. The Balaban J connectivity index is 1.39. The highest BCUT2D eigenvalue weighted by Crippen LogP contribution is 2.33. The summed E-state index contributed by atoms with van der Waals surface area (Å²) < 4.78 is 6.93. The third kappa shape index (κ3) is 4.03. The van der Waals surface area contributed by atoms with Gasteiger partial charge < -0.3 is 15.8 Å². The second-order valence-corrected chi connectivity index (χ2v) is 7.72. The quantitative estimate of drug-likeness (QED) is 0.492. The minimum Gasteiger partial charge on any atom is -0.497 e. The number of nitrogens with zero attached hydrogens (tertiary/aromatic N) is 5. The molecule has 3 N–H and O–H groups in total. The van der Waals surface area contributed by atoms with E-state index in [2.05, 4.69) is 20.4 Å². The number of fused-ring (bicyclic) bond motifs is 1. The minimum atomic E-state index is -0.359. The Kier molecular flexibility index (Phi) is 5.27. The van der Waals surface area contributed by atoms with Crippen molar-refractivity contribution in [2.24, 2.45) is 0 Å². The number of rotatable bonds is 4. The van der Waals surface area contributed by atoms with Gasteiger partial charge in [0.25, 0.3) is 0 Å². The van der Waals surface area contributed by atoms with Gasteiger partial charge in [0.1, 0.15) is 5.75 Å². The molecular formula is C23H23N7O3. The second kappa shape index (κ2) is 8.40. The van der Waals surface area contributed by atoms with E-state index in [0.717, 1.165) is 22.4 Å². The zero-order valence-electron chi connectivity index (χ0n) is 18.2. The summed E-state index contributed by atoms with van der Waals surface area (Å²) in [6, 6.07) is 12.7. The number of pyridine rings is 2. The van der Waals surface area contributed by atoms with Crippen LogP contribution in [0.25, 0.3) is 16.8 Å². The minimum absolute atomic E-state index is 0.207. The molecule has 3 aromatic heterocycles. The Bertz CT molecular complexity index is 1340. The van der Waals surface area contributed by atoms with Gasteiger partial charge in [-0.3, -0.25) is 9.82 Å². The number of carbonyl (C=O) groups is 1. The first-order valence-electron chi connectivity index (χ1n) is 10.5. The Morgan fingerprint density at radius 2 is 2.12 bits per heavy atom. The normalized spacial score (nSPS) is 15.7. The lowest BCUT2D eigenvalue weighted by Crippen LogP contribution is -2.33. The van der Waals surface area contributed by atoms with Gasteiger partial charge in [0.15, 0.2) is 5.65 Å². The molecule has 1 aromatic carbocycles. The number of hydrogen-bond acceptors (Lipinski definition) is 7. The second-order valence-electron chi connectivity index (χ2n) is 7.72. The molecule has 4 heterocycles. The van der Waals surface area contributed by atoms with Gasteiger partial charge in [0, 0.05) is 29.9 Å². The highest BCUT2D eigenvalue weighted by Gasteiger charge is 2.32. The Morgan fingerprint density at radius 1 is 1.24 bits per heavy atom. The van der Waals surface area contributed by atoms with Crippen LogP contribution in [0.3, 0.4) is 0 Å². The van der Waals surface area contributed by atoms with Crippen molar-refractivity contribution in [2.45, 2.75) is 19.4 Å². The van der Waals surface area contributed by atoms with Crippen molar-refractivity contribution in [3.05, 3.63) is 66.1 Å². The number of methoxy groups -OCH3 is 1. The molecule has 0 saturated carbocycles. The Morgan fingerprint density at radius 3 is 2.97 bits per heavy atom. The molecule has 5 rings (SSSR count). The van der Waals surface area contributed by atoms with Gasteiger partial charge in [0.05, 0.1) is 31.1 Å². The zero-order valence-corrected chi connectivity index (χ0v) is 18.2. The van der Waals surface area contributed by atoms with Crippen LogP contribution in [-0.4, -0.2) is 44.4 Å². The molecule has 4 aromatic rings. The monoisotopic (exact) mass is 445 g/mol. The number of nitrogens with two attached hydrogens (primary N) is 1. The van der Waals surface area contributed by atoms with E-state index < -0.39 is 0 Å². The van der Waals surface area contributed by atoms with Crippen LogP contribution in [0.2, 0.25) is 0 Å². The number of carbonyl (C=O) groups excluding carboxylic acids is 1. The number of aromatic nitrogens is 4. The lowest BCUT2D eigenvalue weighted by Gasteiger charge is -2.24. The van der Waals surface area contributed by atoms with Gasteiger partial charge in [-0.1, -0.05) is 12.1 Å². The van der Waals surface area contributed by atoms with E-state index in [0.29, 0.717) is 30.1 Å². The number of ether oxygens (including phenoxy) is 1. The summed E-state index contributed by atoms with van der Waals surface area (Å²) in [5, 5.41) is 8.48. The van der Waals surface area contributed by atoms with Gasteiger partial charge in [-0.2, -0.15) is 10.0 Å². The fourth-order valence-corrected chi connectivity index (χ4v) is 3.88. The van der Waals surface area contributed by atoms with E-state index in [1.807, 2.05) is 55.6 Å². The van der Waals surface area contributed by atoms with Crippen molar-refractivity contribution >= 4 is 23.3 Å². The van der Waals surface area contributed by atoms with Gasteiger partial charge in [-0.25, -0.2) is 9.31 Å². The van der Waals surface area contributed by atoms with E-state index in [1.165, 1.54) is 5.06 Å². The molecule has 1 aliphatic rings. The van der Waals surface area contributed by atoms with E-state index in [-0.39, 0.29) is 18.0 Å². The largest absolute Gasteiger partial charge is 0.497 e. The maximum atomic E-state index is 13.1. The van der Waals surface area contributed by atoms with Crippen LogP contribution >= 0.6 is 0 Å². The predicted molar refractivity (Wildman–Crippen MR) is 123 cm³/mol. The number of hydrogen-bond donors (Lipinski definition) is 2. The predicted octanol–water partition coefficient (Wildman–Crippen LogP) is 3.60. The van der Waals surface area contributed by atoms with Crippen LogP contribution in [-0.2, 0) is 4.84 Å². The van der Waals surface area contributed by atoms with Crippen LogP contribution in [0.4, 0.5) is 16.4 Å². The smallest absolute Gasteiger partial charge is 0.346 e. The highest BCUT2D eigenvalue weighted by atomic mass is 16.7. The number of nitrogen functional groups attached to an aromatic ring is 1. The number of benzene rings is 1. The Labute approximate surface area is 189 Å². The van der Waals surface area contributed by atoms with Crippen LogP contribution in [0.15, 0.2) is 54.9 Å². The van der Waals surface area contributed by atoms with Gasteiger partial charge >= 0.3 is 6.03 Å². The third-order valence-electron chi connectivity index (χ3n) is 5.59. The molecule has 10 nitrogen and oxygen atoms in total. The average Bonchev–Trinajstić information content (AvgIpc) is 3.46. The standard InChI is InChI=1S/C23H23N7O3/c1-14-19(11-17(12-25-14)16-6-7-21-27-22(24)28-29(21)13-16)26-23(31)30-20(8-9-33-30)15-4-3-5-18(10-15)32-2/h3-7,10-13,20H,8-9H2,1-2H3,(H2,24,28)(H,26,31)/t20-/m0/s1. The average molecular weight is 445 g/mol. The van der Waals surface area contributed by atoms with Crippen LogP contribution in [0, 0.1) is 6.92 Å². The molecule has 0 radical (unpaired) electrons. The topological polar surface area (TPSA) is 120 Å². The molecule has 33 heavy (non-hydrogen) atoms. The summed E-state index contributed by atoms with van der Waals surface area (Å²) in [6.07, 6.45) is 4.26. The summed E-state index contributed by atoms with van der Waals surface area (Å²) in [5.41, 5.74) is 10.2. The summed E-state index contributed by atoms with van der Waals surface area (Å²) in [5.74, 6) is 0.942. The molecule has 1 atom stereocenters. The maximum Gasteiger partial charge on any atom is 0.346 e. The zero-order chi connectivity index (χ0) is 22.9. The van der Waals surface area contributed by atoms with Crippen molar-refractivity contribution in [3.63, 3.8) is 0 Å². The molecule has 1 aliphatic heterocycles. The number of urea groups is 1. The van der Waals surface area contributed by atoms with Crippen molar-refractivity contribution in [1.82, 2.24) is 24.6 Å². The summed E-state index contributed by atoms with van der Waals surface area (Å²) in [6.45, 7) is 2.29. The summed E-state index contributed by atoms with van der Waals surface area (Å²) >= 11 is 0.